The van der Waals surface area contributed by atoms with Gasteiger partial charge in [-0.1, -0.05) is 32.0 Å². The van der Waals surface area contributed by atoms with Gasteiger partial charge in [-0.3, -0.25) is 4.79 Å². The Bertz CT molecular complexity index is 769. The van der Waals surface area contributed by atoms with E-state index in [1.165, 1.54) is 11.3 Å². The van der Waals surface area contributed by atoms with Gasteiger partial charge in [0.2, 0.25) is 5.91 Å². The number of hydrogen-bond acceptors (Lipinski definition) is 4. The second-order valence-corrected chi connectivity index (χ2v) is 9.09. The highest BCUT2D eigenvalue weighted by Crippen LogP contribution is 2.32. The number of amides is 1. The molecule has 0 saturated carbocycles. The van der Waals surface area contributed by atoms with Crippen LogP contribution in [-0.2, 0) is 14.6 Å². The molecule has 130 valence electrons. The minimum Gasteiger partial charge on any atom is -0.353 e. The van der Waals surface area contributed by atoms with Crippen LogP contribution < -0.4 is 5.32 Å². The average molecular weight is 386 g/mol. The third-order valence-electron chi connectivity index (χ3n) is 3.72. The van der Waals surface area contributed by atoms with E-state index in [9.17, 15) is 13.2 Å². The summed E-state index contributed by atoms with van der Waals surface area (Å²) in [5.74, 6) is -0.248. The van der Waals surface area contributed by atoms with E-state index in [1.54, 1.807) is 24.3 Å². The van der Waals surface area contributed by atoms with Crippen molar-refractivity contribution in [2.24, 2.45) is 0 Å². The fourth-order valence-corrected chi connectivity index (χ4v) is 5.18. The van der Waals surface area contributed by atoms with Crippen LogP contribution in [0.2, 0.25) is 0 Å². The van der Waals surface area contributed by atoms with Crippen LogP contribution in [0.5, 0.6) is 0 Å². The van der Waals surface area contributed by atoms with E-state index in [1.807, 2.05) is 17.5 Å². The van der Waals surface area contributed by atoms with Crippen molar-refractivity contribution in [1.82, 2.24) is 5.32 Å². The molecule has 0 aliphatic carbocycles. The van der Waals surface area contributed by atoms with Gasteiger partial charge in [-0.2, -0.15) is 0 Å². The van der Waals surface area contributed by atoms with Crippen molar-refractivity contribution in [3.8, 4) is 0 Å². The number of benzene rings is 1. The van der Waals surface area contributed by atoms with Gasteiger partial charge in [-0.05, 0) is 35.1 Å². The van der Waals surface area contributed by atoms with E-state index in [2.05, 4.69) is 19.2 Å². The highest BCUT2D eigenvalue weighted by Gasteiger charge is 2.30. The minimum atomic E-state index is -3.62. The maximum absolute atomic E-state index is 13.0. The zero-order valence-corrected chi connectivity index (χ0v) is 15.9. The van der Waals surface area contributed by atoms with Gasteiger partial charge in [0.25, 0.3) is 0 Å². The number of alkyl halides is 1. The normalized spacial score (nSPS) is 13.0. The first-order chi connectivity index (χ1) is 11.4. The lowest BCUT2D eigenvalue weighted by Crippen LogP contribution is -2.32. The Morgan fingerprint density at radius 1 is 1.21 bits per heavy atom. The number of hydrogen-bond donors (Lipinski definition) is 1. The summed E-state index contributed by atoms with van der Waals surface area (Å²) in [6.45, 7) is 4.11. The monoisotopic (exact) mass is 385 g/mol. The quantitative estimate of drug-likeness (QED) is 0.738. The van der Waals surface area contributed by atoms with Gasteiger partial charge in [0.05, 0.1) is 4.90 Å². The lowest BCUT2D eigenvalue weighted by Gasteiger charge is -2.17. The highest BCUT2D eigenvalue weighted by atomic mass is 35.5. The summed E-state index contributed by atoms with van der Waals surface area (Å²) < 4.78 is 26.1. The smallest absolute Gasteiger partial charge is 0.234 e. The van der Waals surface area contributed by atoms with Crippen molar-refractivity contribution < 1.29 is 13.2 Å². The Morgan fingerprint density at radius 2 is 1.88 bits per heavy atom. The fraction of sp³-hybridized carbons (Fsp3) is 0.353. The number of nitrogens with one attached hydrogen (secondary N) is 1. The lowest BCUT2D eigenvalue weighted by atomic mass is 10.0. The van der Waals surface area contributed by atoms with Gasteiger partial charge >= 0.3 is 0 Å². The molecule has 2 rings (SSSR count). The molecule has 0 unspecified atom stereocenters. The van der Waals surface area contributed by atoms with Crippen LogP contribution in [0, 0.1) is 0 Å². The first-order valence-corrected chi connectivity index (χ1v) is 10.5. The van der Waals surface area contributed by atoms with Crippen molar-refractivity contribution in [3.05, 3.63) is 52.2 Å². The van der Waals surface area contributed by atoms with Crippen molar-refractivity contribution >= 4 is 38.7 Å². The standard InChI is InChI=1S/C17H20ClNO3S2/c1-12(2)13-5-7-14(8-6-13)24(21,22)16(11-19-17(20)10-18)15-4-3-9-23-15/h3-9,12,16H,10-11H2,1-2H3,(H,19,20)/t16-/m0/s1. The van der Waals surface area contributed by atoms with E-state index < -0.39 is 15.1 Å². The lowest BCUT2D eigenvalue weighted by molar-refractivity contribution is -0.118. The summed E-state index contributed by atoms with van der Waals surface area (Å²) in [5, 5.41) is 3.58. The molecule has 0 aliphatic rings. The van der Waals surface area contributed by atoms with E-state index >= 15 is 0 Å². The molecule has 0 saturated heterocycles. The number of thiophene rings is 1. The third kappa shape index (κ3) is 4.37. The first-order valence-electron chi connectivity index (χ1n) is 7.56. The molecule has 7 heteroatoms. The van der Waals surface area contributed by atoms with Gasteiger partial charge in [-0.15, -0.1) is 22.9 Å². The number of carbonyl (C=O) groups excluding carboxylic acids is 1. The molecule has 4 nitrogen and oxygen atoms in total. The molecule has 1 atom stereocenters. The molecule has 1 amide bonds. The Hall–Kier alpha value is -1.37. The maximum Gasteiger partial charge on any atom is 0.234 e. The molecule has 1 aromatic carbocycles. The zero-order valence-electron chi connectivity index (χ0n) is 13.5. The zero-order chi connectivity index (χ0) is 17.7. The highest BCUT2D eigenvalue weighted by molar-refractivity contribution is 7.91. The average Bonchev–Trinajstić information content (AvgIpc) is 3.08. The Kier molecular flexibility index (Phi) is 6.43. The van der Waals surface area contributed by atoms with Crippen LogP contribution in [0.15, 0.2) is 46.7 Å². The topological polar surface area (TPSA) is 63.2 Å². The summed E-state index contributed by atoms with van der Waals surface area (Å²) in [7, 11) is -3.62. The van der Waals surface area contributed by atoms with E-state index in [-0.39, 0.29) is 23.2 Å². The van der Waals surface area contributed by atoms with E-state index in [0.29, 0.717) is 10.8 Å². The molecule has 24 heavy (non-hydrogen) atoms. The molecular formula is C17H20ClNO3S2. The third-order valence-corrected chi connectivity index (χ3v) is 7.19. The van der Waals surface area contributed by atoms with Gasteiger partial charge < -0.3 is 5.32 Å². The molecule has 0 bridgehead atoms. The van der Waals surface area contributed by atoms with Gasteiger partial charge in [0.1, 0.15) is 11.1 Å². The predicted molar refractivity (Wildman–Crippen MR) is 98.5 cm³/mol. The van der Waals surface area contributed by atoms with Crippen molar-refractivity contribution in [2.45, 2.75) is 29.9 Å². The van der Waals surface area contributed by atoms with Crippen molar-refractivity contribution in [2.75, 3.05) is 12.4 Å². The van der Waals surface area contributed by atoms with Crippen LogP contribution in [0.25, 0.3) is 0 Å². The second kappa shape index (κ2) is 8.14. The van der Waals surface area contributed by atoms with Gasteiger partial charge in [0.15, 0.2) is 9.84 Å². The van der Waals surface area contributed by atoms with Crippen LogP contribution in [0.1, 0.15) is 35.5 Å². The summed E-state index contributed by atoms with van der Waals surface area (Å²) >= 11 is 6.84. The van der Waals surface area contributed by atoms with Gasteiger partial charge in [0, 0.05) is 11.4 Å². The van der Waals surface area contributed by atoms with Crippen molar-refractivity contribution in [1.29, 1.82) is 0 Å². The summed E-state index contributed by atoms with van der Waals surface area (Å²) in [6.07, 6.45) is 0. The SMILES string of the molecule is CC(C)c1ccc(S(=O)(=O)[C@@H](CNC(=O)CCl)c2cccs2)cc1. The molecule has 0 radical (unpaired) electrons. The van der Waals surface area contributed by atoms with Gasteiger partial charge in [-0.25, -0.2) is 8.42 Å². The molecule has 0 spiro atoms. The van der Waals surface area contributed by atoms with Crippen LogP contribution in [0.4, 0.5) is 0 Å². The first kappa shape index (κ1) is 19.0. The number of halogens is 1. The molecule has 1 N–H and O–H groups in total. The molecular weight excluding hydrogens is 366 g/mol. The Labute approximate surface area is 151 Å². The maximum atomic E-state index is 13.0. The molecule has 0 fully saturated rings. The predicted octanol–water partition coefficient (Wildman–Crippen LogP) is 3.74. The fourth-order valence-electron chi connectivity index (χ4n) is 2.30. The second-order valence-electron chi connectivity index (χ2n) is 5.71. The summed E-state index contributed by atoms with van der Waals surface area (Å²) in [5.41, 5.74) is 1.08. The molecule has 1 aromatic heterocycles. The number of rotatable bonds is 7. The largest absolute Gasteiger partial charge is 0.353 e. The summed E-state index contributed by atoms with van der Waals surface area (Å²) in [4.78, 5) is 12.4. The molecule has 0 aliphatic heterocycles. The van der Waals surface area contributed by atoms with Crippen molar-refractivity contribution in [3.63, 3.8) is 0 Å². The van der Waals surface area contributed by atoms with E-state index in [4.69, 9.17) is 11.6 Å². The Balaban J connectivity index is 2.34. The Morgan fingerprint density at radius 3 is 2.38 bits per heavy atom. The minimum absolute atomic E-state index is 0.000329. The number of sulfone groups is 1. The van der Waals surface area contributed by atoms with Crippen LogP contribution in [0.3, 0.4) is 0 Å². The molecule has 2 aromatic rings. The van der Waals surface area contributed by atoms with Crippen LogP contribution >= 0.6 is 22.9 Å². The van der Waals surface area contributed by atoms with Crippen LogP contribution in [-0.4, -0.2) is 26.7 Å². The molecule has 1 heterocycles. The number of carbonyl (C=O) groups is 1. The van der Waals surface area contributed by atoms with E-state index in [0.717, 1.165) is 5.56 Å². The summed E-state index contributed by atoms with van der Waals surface area (Å²) in [6, 6.07) is 10.5.